The van der Waals surface area contributed by atoms with Crippen molar-refractivity contribution < 1.29 is 13.9 Å². The number of fused-ring (bicyclic) bond motifs is 1. The van der Waals surface area contributed by atoms with Crippen LogP contribution in [0.4, 0.5) is 4.39 Å². The smallest absolute Gasteiger partial charge is 0.205 e. The van der Waals surface area contributed by atoms with Crippen molar-refractivity contribution in [3.63, 3.8) is 0 Å². The van der Waals surface area contributed by atoms with E-state index in [-0.39, 0.29) is 24.4 Å². The molecule has 2 aliphatic rings. The fraction of sp³-hybridized carbons (Fsp3) is 0.333. The van der Waals surface area contributed by atoms with E-state index in [9.17, 15) is 9.18 Å². The first-order chi connectivity index (χ1) is 18.1. The summed E-state index contributed by atoms with van der Waals surface area (Å²) in [5.41, 5.74) is 6.46. The lowest BCUT2D eigenvalue weighted by Crippen LogP contribution is -2.11. The third-order valence-corrected chi connectivity index (χ3v) is 7.50. The molecular weight excluding hydrogens is 467 g/mol. The van der Waals surface area contributed by atoms with E-state index in [2.05, 4.69) is 45.7 Å². The molecule has 0 amide bonds. The number of tetrazole rings is 1. The van der Waals surface area contributed by atoms with Crippen LogP contribution in [0.1, 0.15) is 53.9 Å². The van der Waals surface area contributed by atoms with Crippen molar-refractivity contribution in [2.24, 2.45) is 5.92 Å². The molecule has 1 atom stereocenters. The van der Waals surface area contributed by atoms with Crippen molar-refractivity contribution >= 4 is 5.78 Å². The molecule has 6 rings (SSSR count). The summed E-state index contributed by atoms with van der Waals surface area (Å²) in [7, 11) is 0. The highest BCUT2D eigenvalue weighted by atomic mass is 19.1. The predicted octanol–water partition coefficient (Wildman–Crippen LogP) is 6.00. The SMILES string of the molecule is Cc1ccc(-c2nn[nH]n2)c(-c2cc(CC(=O)Cc3ccccc3F)c3c(c2)C(C2CC2)CCCO3)c1. The number of ketones is 1. The largest absolute Gasteiger partial charge is 0.493 e. The van der Waals surface area contributed by atoms with Gasteiger partial charge in [0.15, 0.2) is 0 Å². The quantitative estimate of drug-likeness (QED) is 0.339. The zero-order chi connectivity index (χ0) is 25.4. The number of hydrogen-bond donors (Lipinski definition) is 1. The van der Waals surface area contributed by atoms with Gasteiger partial charge >= 0.3 is 0 Å². The molecule has 1 aliphatic carbocycles. The molecule has 0 spiro atoms. The predicted molar refractivity (Wildman–Crippen MR) is 139 cm³/mol. The summed E-state index contributed by atoms with van der Waals surface area (Å²) in [5.74, 6) is 2.05. The van der Waals surface area contributed by atoms with Crippen LogP contribution in [-0.2, 0) is 17.6 Å². The van der Waals surface area contributed by atoms with Crippen LogP contribution in [-0.4, -0.2) is 33.0 Å². The van der Waals surface area contributed by atoms with Gasteiger partial charge in [-0.1, -0.05) is 42.0 Å². The van der Waals surface area contributed by atoms with Crippen LogP contribution < -0.4 is 4.74 Å². The number of rotatable bonds is 7. The van der Waals surface area contributed by atoms with E-state index in [1.54, 1.807) is 18.2 Å². The summed E-state index contributed by atoms with van der Waals surface area (Å²) >= 11 is 0. The van der Waals surface area contributed by atoms with Gasteiger partial charge < -0.3 is 4.74 Å². The second-order valence-corrected chi connectivity index (χ2v) is 10.3. The monoisotopic (exact) mass is 496 g/mol. The molecule has 1 N–H and O–H groups in total. The number of H-pyrrole nitrogens is 1. The normalized spacial score (nSPS) is 17.1. The number of carbonyl (C=O) groups excluding carboxylic acids is 1. The number of nitrogens with one attached hydrogen (secondary N) is 1. The molecular formula is C30H29FN4O2. The maximum absolute atomic E-state index is 14.3. The van der Waals surface area contributed by atoms with Crippen molar-refractivity contribution in [2.75, 3.05) is 6.61 Å². The molecule has 188 valence electrons. The molecule has 2 heterocycles. The van der Waals surface area contributed by atoms with Crippen molar-refractivity contribution in [2.45, 2.75) is 51.4 Å². The van der Waals surface area contributed by atoms with Gasteiger partial charge in [0.25, 0.3) is 0 Å². The second kappa shape index (κ2) is 9.88. The van der Waals surface area contributed by atoms with E-state index in [0.717, 1.165) is 46.4 Å². The summed E-state index contributed by atoms with van der Waals surface area (Å²) in [6, 6.07) is 17.0. The van der Waals surface area contributed by atoms with Crippen LogP contribution in [0.5, 0.6) is 5.75 Å². The lowest BCUT2D eigenvalue weighted by molar-refractivity contribution is -0.117. The summed E-state index contributed by atoms with van der Waals surface area (Å²) in [6.45, 7) is 2.70. The molecule has 6 nitrogen and oxygen atoms in total. The maximum atomic E-state index is 14.3. The highest BCUT2D eigenvalue weighted by molar-refractivity contribution is 5.86. The van der Waals surface area contributed by atoms with Crippen molar-refractivity contribution in [3.8, 4) is 28.3 Å². The molecule has 1 aliphatic heterocycles. The first kappa shape index (κ1) is 23.5. The van der Waals surface area contributed by atoms with Gasteiger partial charge in [-0.15, -0.1) is 10.2 Å². The van der Waals surface area contributed by atoms with Crippen LogP contribution in [0.25, 0.3) is 22.5 Å². The summed E-state index contributed by atoms with van der Waals surface area (Å²) in [5, 5.41) is 14.7. The van der Waals surface area contributed by atoms with Gasteiger partial charge in [0.1, 0.15) is 17.3 Å². The fourth-order valence-electron chi connectivity index (χ4n) is 5.57. The van der Waals surface area contributed by atoms with E-state index in [0.29, 0.717) is 29.8 Å². The zero-order valence-electron chi connectivity index (χ0n) is 20.8. The molecule has 3 aromatic carbocycles. The van der Waals surface area contributed by atoms with E-state index < -0.39 is 0 Å². The fourth-order valence-corrected chi connectivity index (χ4v) is 5.57. The molecule has 1 fully saturated rings. The van der Waals surface area contributed by atoms with Gasteiger partial charge in [-0.2, -0.15) is 5.21 Å². The number of aromatic nitrogens is 4. The Hall–Kier alpha value is -3.87. The second-order valence-electron chi connectivity index (χ2n) is 10.3. The molecule has 0 radical (unpaired) electrons. The van der Waals surface area contributed by atoms with Crippen molar-refractivity contribution in [1.29, 1.82) is 0 Å². The summed E-state index contributed by atoms with van der Waals surface area (Å²) in [4.78, 5) is 13.2. The van der Waals surface area contributed by atoms with E-state index in [4.69, 9.17) is 4.74 Å². The first-order valence-electron chi connectivity index (χ1n) is 13.0. The van der Waals surface area contributed by atoms with E-state index >= 15 is 0 Å². The molecule has 4 aromatic rings. The number of nitrogens with zero attached hydrogens (tertiary/aromatic N) is 3. The average molecular weight is 497 g/mol. The Labute approximate surface area is 215 Å². The third-order valence-electron chi connectivity index (χ3n) is 7.50. The molecule has 1 saturated carbocycles. The summed E-state index contributed by atoms with van der Waals surface area (Å²) in [6.07, 6.45) is 4.77. The van der Waals surface area contributed by atoms with Gasteiger partial charge in [0, 0.05) is 24.0 Å². The molecule has 1 unspecified atom stereocenters. The lowest BCUT2D eigenvalue weighted by Gasteiger charge is -2.21. The minimum Gasteiger partial charge on any atom is -0.493 e. The van der Waals surface area contributed by atoms with E-state index in [1.165, 1.54) is 24.5 Å². The Kier molecular flexibility index (Phi) is 6.28. The van der Waals surface area contributed by atoms with Gasteiger partial charge in [-0.25, -0.2) is 4.39 Å². The number of aryl methyl sites for hydroxylation is 1. The Bertz CT molecular complexity index is 1450. The number of ether oxygens (including phenoxy) is 1. The highest BCUT2D eigenvalue weighted by Gasteiger charge is 2.36. The molecule has 0 saturated heterocycles. The average Bonchev–Trinajstić information content (AvgIpc) is 3.63. The van der Waals surface area contributed by atoms with Gasteiger partial charge in [-0.05, 0) is 90.1 Å². The highest BCUT2D eigenvalue weighted by Crippen LogP contribution is 2.50. The molecule has 0 bridgehead atoms. The standard InChI is InChI=1S/C30H29FN4O2/c1-18-8-11-25(30-32-34-35-33-30)26(13-18)21-14-22(16-23(36)15-20-5-2-3-7-28(20)31)29-27(17-21)24(19-9-10-19)6-4-12-37-29/h2-3,5,7-8,11,13-14,17,19,24H,4,6,9-10,12,15-16H2,1H3,(H,32,33,34,35). The Morgan fingerprint density at radius 2 is 1.86 bits per heavy atom. The number of benzene rings is 3. The van der Waals surface area contributed by atoms with Crippen LogP contribution in [0.3, 0.4) is 0 Å². The Morgan fingerprint density at radius 3 is 2.65 bits per heavy atom. The number of Topliss-reactive ketones (excluding diaryl/α,β-unsaturated/α-hetero) is 1. The molecule has 1 aromatic heterocycles. The van der Waals surface area contributed by atoms with Gasteiger partial charge in [0.05, 0.1) is 6.61 Å². The van der Waals surface area contributed by atoms with Gasteiger partial charge in [0.2, 0.25) is 5.82 Å². The number of halogens is 1. The topological polar surface area (TPSA) is 80.8 Å². The van der Waals surface area contributed by atoms with Crippen LogP contribution in [0.2, 0.25) is 0 Å². The maximum Gasteiger partial charge on any atom is 0.205 e. The van der Waals surface area contributed by atoms with Crippen LogP contribution >= 0.6 is 0 Å². The Balaban J connectivity index is 1.46. The van der Waals surface area contributed by atoms with Crippen molar-refractivity contribution in [1.82, 2.24) is 20.6 Å². The van der Waals surface area contributed by atoms with Crippen molar-refractivity contribution in [3.05, 3.63) is 82.7 Å². The first-order valence-corrected chi connectivity index (χ1v) is 13.0. The Morgan fingerprint density at radius 1 is 1.03 bits per heavy atom. The number of carbonyl (C=O) groups is 1. The van der Waals surface area contributed by atoms with Crippen LogP contribution in [0.15, 0.2) is 54.6 Å². The minimum absolute atomic E-state index is 0.0390. The van der Waals surface area contributed by atoms with Gasteiger partial charge in [-0.3, -0.25) is 4.79 Å². The number of hydrogen-bond acceptors (Lipinski definition) is 5. The third kappa shape index (κ3) is 4.90. The lowest BCUT2D eigenvalue weighted by atomic mass is 9.84. The van der Waals surface area contributed by atoms with E-state index in [1.807, 2.05) is 12.1 Å². The molecule has 7 heteroatoms. The summed E-state index contributed by atoms with van der Waals surface area (Å²) < 4.78 is 20.6. The molecule has 37 heavy (non-hydrogen) atoms. The zero-order valence-corrected chi connectivity index (χ0v) is 20.8. The van der Waals surface area contributed by atoms with Crippen LogP contribution in [0, 0.1) is 18.7 Å². The minimum atomic E-state index is -0.349. The number of aromatic amines is 1.